The summed E-state index contributed by atoms with van der Waals surface area (Å²) < 4.78 is 0. The van der Waals surface area contributed by atoms with Gasteiger partial charge in [0.1, 0.15) is 17.8 Å². The number of fused-ring (bicyclic) bond motifs is 3. The Morgan fingerprint density at radius 2 is 1.24 bits per heavy atom. The molecule has 0 amide bonds. The van der Waals surface area contributed by atoms with Gasteiger partial charge >= 0.3 is 0 Å². The fourth-order valence-electron chi connectivity index (χ4n) is 4.73. The van der Waals surface area contributed by atoms with Gasteiger partial charge in [-0.3, -0.25) is 0 Å². The zero-order valence-corrected chi connectivity index (χ0v) is 18.1. The first kappa shape index (κ1) is 19.4. The van der Waals surface area contributed by atoms with E-state index in [1.165, 1.54) is 0 Å². The van der Waals surface area contributed by atoms with Gasteiger partial charge in [0.25, 0.3) is 0 Å². The largest absolute Gasteiger partial charge is 0.392 e. The molecule has 0 atom stereocenters. The molecule has 4 heteroatoms. The molecule has 4 nitrogen and oxygen atoms in total. The molecule has 160 valence electrons. The van der Waals surface area contributed by atoms with Crippen LogP contribution in [0.25, 0.3) is 11.1 Å². The quantitative estimate of drug-likeness (QED) is 0.378. The average molecular weight is 430 g/mol. The number of rotatable bonds is 5. The highest BCUT2D eigenvalue weighted by Crippen LogP contribution is 2.49. The zero-order valence-electron chi connectivity index (χ0n) is 18.1. The van der Waals surface area contributed by atoms with Crippen molar-refractivity contribution in [3.05, 3.63) is 144 Å². The normalized spacial score (nSPS) is 13.5. The predicted molar refractivity (Wildman–Crippen MR) is 131 cm³/mol. The van der Waals surface area contributed by atoms with E-state index in [0.29, 0.717) is 6.61 Å². The standard InChI is InChI=1S/C29H23N3O/c1-4-12-22(13-5-1)21-33-32-28-26(20-30-32)25-18-10-11-19-27(25)31-29(28,23-14-6-2-7-15-23)24-16-8-3-9-17-24/h1-20,31H,21H2. The van der Waals surface area contributed by atoms with Crippen LogP contribution in [0, 0.1) is 0 Å². The third kappa shape index (κ3) is 3.19. The van der Waals surface area contributed by atoms with Crippen LogP contribution in [0.4, 0.5) is 5.69 Å². The molecule has 0 spiro atoms. The molecule has 33 heavy (non-hydrogen) atoms. The number of nitrogens with zero attached hydrogens (tertiary/aromatic N) is 2. The van der Waals surface area contributed by atoms with Crippen molar-refractivity contribution in [3.8, 4) is 11.1 Å². The Hall–Kier alpha value is -4.31. The molecule has 4 aromatic carbocycles. The molecular weight excluding hydrogens is 406 g/mol. The third-order valence-corrected chi connectivity index (χ3v) is 6.24. The second-order valence-corrected chi connectivity index (χ2v) is 8.19. The first-order valence-corrected chi connectivity index (χ1v) is 11.1. The van der Waals surface area contributed by atoms with E-state index < -0.39 is 5.54 Å². The molecule has 6 rings (SSSR count). The smallest absolute Gasteiger partial charge is 0.142 e. The van der Waals surface area contributed by atoms with Gasteiger partial charge in [-0.05, 0) is 22.8 Å². The van der Waals surface area contributed by atoms with E-state index in [1.807, 2.05) is 36.5 Å². The lowest BCUT2D eigenvalue weighted by molar-refractivity contribution is 0.0605. The molecule has 0 bridgehead atoms. The molecular formula is C29H23N3O. The summed E-state index contributed by atoms with van der Waals surface area (Å²) >= 11 is 0. The van der Waals surface area contributed by atoms with Crippen LogP contribution in [-0.4, -0.2) is 9.94 Å². The summed E-state index contributed by atoms with van der Waals surface area (Å²) in [5, 5.41) is 8.60. The number of hydrogen-bond donors (Lipinski definition) is 1. The zero-order chi connectivity index (χ0) is 22.1. The van der Waals surface area contributed by atoms with Crippen molar-refractivity contribution in [2.45, 2.75) is 12.1 Å². The summed E-state index contributed by atoms with van der Waals surface area (Å²) in [4.78, 5) is 8.01. The van der Waals surface area contributed by atoms with E-state index in [4.69, 9.17) is 9.94 Å². The monoisotopic (exact) mass is 429 g/mol. The van der Waals surface area contributed by atoms with Crippen molar-refractivity contribution in [1.82, 2.24) is 9.94 Å². The predicted octanol–water partition coefficient (Wildman–Crippen LogP) is 5.90. The van der Waals surface area contributed by atoms with Crippen LogP contribution in [0.15, 0.2) is 121 Å². The van der Waals surface area contributed by atoms with Gasteiger partial charge < -0.3 is 10.2 Å². The van der Waals surface area contributed by atoms with Crippen LogP contribution < -0.4 is 10.2 Å². The first-order valence-electron chi connectivity index (χ1n) is 11.1. The fourth-order valence-corrected chi connectivity index (χ4v) is 4.73. The molecule has 1 aromatic heterocycles. The molecule has 5 aromatic rings. The minimum absolute atomic E-state index is 0.427. The van der Waals surface area contributed by atoms with E-state index in [9.17, 15) is 0 Å². The van der Waals surface area contributed by atoms with E-state index in [0.717, 1.165) is 39.2 Å². The van der Waals surface area contributed by atoms with Crippen LogP contribution in [0.3, 0.4) is 0 Å². The van der Waals surface area contributed by atoms with E-state index in [1.54, 1.807) is 4.85 Å². The Bertz CT molecular complexity index is 1340. The molecule has 0 radical (unpaired) electrons. The van der Waals surface area contributed by atoms with E-state index >= 15 is 0 Å². The van der Waals surface area contributed by atoms with Crippen molar-refractivity contribution in [2.24, 2.45) is 0 Å². The first-order chi connectivity index (χ1) is 16.4. The summed E-state index contributed by atoms with van der Waals surface area (Å²) in [6.07, 6.45) is 1.92. The van der Waals surface area contributed by atoms with Gasteiger partial charge in [-0.1, -0.05) is 114 Å². The van der Waals surface area contributed by atoms with Gasteiger partial charge in [-0.2, -0.15) is 0 Å². The van der Waals surface area contributed by atoms with Gasteiger partial charge in [0.2, 0.25) is 0 Å². The number of aromatic nitrogens is 2. The fraction of sp³-hybridized carbons (Fsp3) is 0.0690. The maximum absolute atomic E-state index is 6.31. The summed E-state index contributed by atoms with van der Waals surface area (Å²) in [6.45, 7) is 0.427. The van der Waals surface area contributed by atoms with Gasteiger partial charge in [0.15, 0.2) is 0 Å². The molecule has 0 saturated carbocycles. The number of hydrogen-bond acceptors (Lipinski definition) is 3. The van der Waals surface area contributed by atoms with Crippen LogP contribution in [0.1, 0.15) is 22.4 Å². The van der Waals surface area contributed by atoms with E-state index in [-0.39, 0.29) is 0 Å². The van der Waals surface area contributed by atoms with Crippen molar-refractivity contribution < 1.29 is 4.84 Å². The summed E-state index contributed by atoms with van der Waals surface area (Å²) in [6, 6.07) is 39.6. The van der Waals surface area contributed by atoms with Crippen molar-refractivity contribution in [1.29, 1.82) is 0 Å². The second kappa shape index (κ2) is 7.99. The maximum atomic E-state index is 6.31. The number of anilines is 1. The highest BCUT2D eigenvalue weighted by Gasteiger charge is 2.45. The summed E-state index contributed by atoms with van der Waals surface area (Å²) in [5.74, 6) is 0. The van der Waals surface area contributed by atoms with Gasteiger partial charge in [-0.25, -0.2) is 0 Å². The lowest BCUT2D eigenvalue weighted by Gasteiger charge is -2.41. The third-order valence-electron chi connectivity index (χ3n) is 6.24. The molecule has 2 heterocycles. The highest BCUT2D eigenvalue weighted by atomic mass is 16.7. The minimum atomic E-state index is -0.667. The summed E-state index contributed by atoms with van der Waals surface area (Å²) in [7, 11) is 0. The highest BCUT2D eigenvalue weighted by molar-refractivity contribution is 5.86. The molecule has 1 N–H and O–H groups in total. The Morgan fingerprint density at radius 3 is 1.91 bits per heavy atom. The lowest BCUT2D eigenvalue weighted by atomic mass is 9.75. The van der Waals surface area contributed by atoms with E-state index in [2.05, 4.69) is 90.2 Å². The molecule has 0 unspecified atom stereocenters. The van der Waals surface area contributed by atoms with Crippen LogP contribution in [-0.2, 0) is 12.1 Å². The molecule has 0 saturated heterocycles. The maximum Gasteiger partial charge on any atom is 0.142 e. The topological polar surface area (TPSA) is 39.1 Å². The van der Waals surface area contributed by atoms with Crippen molar-refractivity contribution in [3.63, 3.8) is 0 Å². The number of para-hydroxylation sites is 1. The van der Waals surface area contributed by atoms with Gasteiger partial charge in [-0.15, -0.1) is 5.10 Å². The van der Waals surface area contributed by atoms with Gasteiger partial charge in [0, 0.05) is 16.8 Å². The SMILES string of the molecule is c1ccc(COn2ncc3c2C(c2ccccc2)(c2ccccc2)Nc2ccccc2-3)cc1. The summed E-state index contributed by atoms with van der Waals surface area (Å²) in [5.41, 5.74) is 6.88. The lowest BCUT2D eigenvalue weighted by Crippen LogP contribution is -2.43. The Morgan fingerprint density at radius 1 is 0.667 bits per heavy atom. The van der Waals surface area contributed by atoms with Crippen molar-refractivity contribution in [2.75, 3.05) is 5.32 Å². The van der Waals surface area contributed by atoms with Crippen molar-refractivity contribution >= 4 is 5.69 Å². The number of benzene rings is 4. The van der Waals surface area contributed by atoms with Crippen LogP contribution in [0.5, 0.6) is 0 Å². The minimum Gasteiger partial charge on any atom is -0.392 e. The number of nitrogens with one attached hydrogen (secondary N) is 1. The molecule has 1 aliphatic rings. The van der Waals surface area contributed by atoms with Gasteiger partial charge in [0.05, 0.1) is 6.20 Å². The Kier molecular flexibility index (Phi) is 4.69. The Labute approximate surface area is 193 Å². The average Bonchev–Trinajstić information content (AvgIpc) is 3.33. The Balaban J connectivity index is 1.59. The van der Waals surface area contributed by atoms with Crippen LogP contribution in [0.2, 0.25) is 0 Å². The molecule has 1 aliphatic heterocycles. The second-order valence-electron chi connectivity index (χ2n) is 8.19. The van der Waals surface area contributed by atoms with Crippen LogP contribution >= 0.6 is 0 Å². The molecule has 0 fully saturated rings. The molecule has 0 aliphatic carbocycles.